The molecule has 4 nitrogen and oxygen atoms in total. The molecule has 1 aliphatic rings. The number of amides is 1. The van der Waals surface area contributed by atoms with Crippen LogP contribution in [0.1, 0.15) is 38.7 Å². The topological polar surface area (TPSA) is 49.4 Å². The quantitative estimate of drug-likeness (QED) is 0.866. The first kappa shape index (κ1) is 18.1. The fourth-order valence-electron chi connectivity index (χ4n) is 3.04. The van der Waals surface area contributed by atoms with Crippen LogP contribution in [0.4, 0.5) is 0 Å². The van der Waals surface area contributed by atoms with Gasteiger partial charge in [0.1, 0.15) is 0 Å². The number of hydrogen-bond donors (Lipinski definition) is 1. The molecule has 2 rings (SSSR count). The van der Waals surface area contributed by atoms with Crippen molar-refractivity contribution in [1.29, 1.82) is 0 Å². The largest absolute Gasteiger partial charge is 0.354 e. The molecule has 1 aliphatic heterocycles. The van der Waals surface area contributed by atoms with Gasteiger partial charge in [-0.2, -0.15) is 0 Å². The van der Waals surface area contributed by atoms with E-state index >= 15 is 0 Å². The maximum absolute atomic E-state index is 12.6. The van der Waals surface area contributed by atoms with Gasteiger partial charge in [0, 0.05) is 47.5 Å². The van der Waals surface area contributed by atoms with Gasteiger partial charge in [-0.15, -0.1) is 0 Å². The van der Waals surface area contributed by atoms with Gasteiger partial charge >= 0.3 is 0 Å². The lowest BCUT2D eigenvalue weighted by atomic mass is 9.95. The molecule has 1 aromatic rings. The summed E-state index contributed by atoms with van der Waals surface area (Å²) in [7, 11) is -0.671. The average Bonchev–Trinajstić information content (AvgIpc) is 2.55. The summed E-state index contributed by atoms with van der Waals surface area (Å²) in [6.45, 7) is 8.62. The van der Waals surface area contributed by atoms with E-state index in [-0.39, 0.29) is 17.4 Å². The van der Waals surface area contributed by atoms with Crippen LogP contribution in [-0.4, -0.2) is 51.7 Å². The van der Waals surface area contributed by atoms with Gasteiger partial charge in [0.2, 0.25) is 5.91 Å². The van der Waals surface area contributed by atoms with Crippen LogP contribution in [-0.2, 0) is 15.6 Å². The first-order valence-electron chi connectivity index (χ1n) is 8.36. The molecule has 0 spiro atoms. The van der Waals surface area contributed by atoms with E-state index in [0.29, 0.717) is 6.54 Å². The van der Waals surface area contributed by atoms with E-state index in [1.165, 1.54) is 0 Å². The van der Waals surface area contributed by atoms with Gasteiger partial charge in [-0.1, -0.05) is 37.3 Å². The van der Waals surface area contributed by atoms with Gasteiger partial charge in [0.05, 0.1) is 5.92 Å². The van der Waals surface area contributed by atoms with Crippen molar-refractivity contribution in [2.24, 2.45) is 0 Å². The Hall–Kier alpha value is -1.20. The first-order chi connectivity index (χ1) is 10.9. The fraction of sp³-hybridized carbons (Fsp3) is 0.611. The van der Waals surface area contributed by atoms with Crippen molar-refractivity contribution in [1.82, 2.24) is 10.2 Å². The van der Waals surface area contributed by atoms with Crippen molar-refractivity contribution < 1.29 is 9.00 Å². The highest BCUT2D eigenvalue weighted by atomic mass is 32.2. The maximum atomic E-state index is 12.6. The number of hydrogen-bond acceptors (Lipinski definition) is 3. The number of nitrogens with zero attached hydrogens (tertiary/aromatic N) is 1. The van der Waals surface area contributed by atoms with E-state index < -0.39 is 10.8 Å². The SMILES string of the molecule is CC[C@H](C(=O)NCC(C)(C)N1CCS(=O)CC1)c1ccccc1. The molecular formula is C18H28N2O2S. The highest BCUT2D eigenvalue weighted by Gasteiger charge is 2.30. The van der Waals surface area contributed by atoms with Crippen molar-refractivity contribution in [3.05, 3.63) is 35.9 Å². The molecule has 1 fully saturated rings. The third kappa shape index (κ3) is 4.88. The Morgan fingerprint density at radius 2 is 1.87 bits per heavy atom. The predicted molar refractivity (Wildman–Crippen MR) is 96.0 cm³/mol. The van der Waals surface area contributed by atoms with Crippen LogP contribution in [0.15, 0.2) is 30.3 Å². The molecular weight excluding hydrogens is 308 g/mol. The summed E-state index contributed by atoms with van der Waals surface area (Å²) in [5, 5.41) is 3.12. The molecule has 0 radical (unpaired) electrons. The summed E-state index contributed by atoms with van der Waals surface area (Å²) >= 11 is 0. The Labute approximate surface area is 142 Å². The van der Waals surface area contributed by atoms with Gasteiger partial charge in [-0.3, -0.25) is 13.9 Å². The molecule has 23 heavy (non-hydrogen) atoms. The number of rotatable bonds is 6. The van der Waals surface area contributed by atoms with Gasteiger partial charge in [0.15, 0.2) is 0 Å². The molecule has 128 valence electrons. The molecule has 5 heteroatoms. The van der Waals surface area contributed by atoms with E-state index in [4.69, 9.17) is 0 Å². The van der Waals surface area contributed by atoms with Crippen LogP contribution in [0, 0.1) is 0 Å². The minimum Gasteiger partial charge on any atom is -0.354 e. The Morgan fingerprint density at radius 3 is 2.43 bits per heavy atom. The van der Waals surface area contributed by atoms with Crippen molar-refractivity contribution in [3.63, 3.8) is 0 Å². The van der Waals surface area contributed by atoms with E-state index in [1.54, 1.807) is 0 Å². The number of benzene rings is 1. The molecule has 1 saturated heterocycles. The van der Waals surface area contributed by atoms with E-state index in [1.807, 2.05) is 37.3 Å². The minimum atomic E-state index is -0.671. The van der Waals surface area contributed by atoms with Crippen LogP contribution in [0.2, 0.25) is 0 Å². The van der Waals surface area contributed by atoms with Crippen molar-refractivity contribution in [2.75, 3.05) is 31.1 Å². The molecule has 0 bridgehead atoms. The van der Waals surface area contributed by atoms with Crippen molar-refractivity contribution in [2.45, 2.75) is 38.6 Å². The standard InChI is InChI=1S/C18H28N2O2S/c1-4-16(15-8-6-5-7-9-15)17(21)19-14-18(2,3)20-10-12-23(22)13-11-20/h5-9,16H,4,10-14H2,1-3H3,(H,19,21)/t16-/m0/s1. The second-order valence-electron chi connectivity index (χ2n) is 6.74. The smallest absolute Gasteiger partial charge is 0.227 e. The molecule has 0 saturated carbocycles. The molecule has 1 amide bonds. The zero-order valence-electron chi connectivity index (χ0n) is 14.4. The zero-order valence-corrected chi connectivity index (χ0v) is 15.2. The highest BCUT2D eigenvalue weighted by Crippen LogP contribution is 2.21. The third-order valence-electron chi connectivity index (χ3n) is 4.66. The van der Waals surface area contributed by atoms with E-state index in [9.17, 15) is 9.00 Å². The Bertz CT molecular complexity index is 535. The molecule has 0 aromatic heterocycles. The van der Waals surface area contributed by atoms with Gasteiger partial charge in [-0.25, -0.2) is 0 Å². The Kier molecular flexibility index (Phi) is 6.36. The van der Waals surface area contributed by atoms with Crippen LogP contribution in [0.5, 0.6) is 0 Å². The molecule has 0 aliphatic carbocycles. The van der Waals surface area contributed by atoms with Crippen molar-refractivity contribution in [3.8, 4) is 0 Å². The summed E-state index contributed by atoms with van der Waals surface area (Å²) in [6.07, 6.45) is 0.791. The molecule has 1 atom stereocenters. The molecule has 1 aromatic carbocycles. The first-order valence-corrected chi connectivity index (χ1v) is 9.85. The van der Waals surface area contributed by atoms with Crippen LogP contribution < -0.4 is 5.32 Å². The monoisotopic (exact) mass is 336 g/mol. The predicted octanol–water partition coefficient (Wildman–Crippen LogP) is 2.14. The molecule has 0 unspecified atom stereocenters. The zero-order chi connectivity index (χ0) is 16.9. The summed E-state index contributed by atoms with van der Waals surface area (Å²) in [5.74, 6) is 1.46. The summed E-state index contributed by atoms with van der Waals surface area (Å²) in [5.41, 5.74) is 0.952. The highest BCUT2D eigenvalue weighted by molar-refractivity contribution is 7.85. The molecule has 1 N–H and O–H groups in total. The third-order valence-corrected chi connectivity index (χ3v) is 5.93. The van der Waals surface area contributed by atoms with Crippen LogP contribution in [0.25, 0.3) is 0 Å². The number of carbonyl (C=O) groups excluding carboxylic acids is 1. The van der Waals surface area contributed by atoms with Crippen molar-refractivity contribution >= 4 is 16.7 Å². The van der Waals surface area contributed by atoms with E-state index in [0.717, 1.165) is 36.6 Å². The van der Waals surface area contributed by atoms with Gasteiger partial charge in [0.25, 0.3) is 0 Å². The fourth-order valence-corrected chi connectivity index (χ4v) is 4.09. The maximum Gasteiger partial charge on any atom is 0.227 e. The summed E-state index contributed by atoms with van der Waals surface area (Å²) in [6, 6.07) is 9.95. The van der Waals surface area contributed by atoms with Crippen LogP contribution >= 0.6 is 0 Å². The van der Waals surface area contributed by atoms with E-state index in [2.05, 4.69) is 24.1 Å². The Balaban J connectivity index is 1.93. The second kappa shape index (κ2) is 8.06. The lowest BCUT2D eigenvalue weighted by Crippen LogP contribution is -2.56. The second-order valence-corrected chi connectivity index (χ2v) is 8.43. The van der Waals surface area contributed by atoms with Gasteiger partial charge in [-0.05, 0) is 25.8 Å². The van der Waals surface area contributed by atoms with Crippen LogP contribution in [0.3, 0.4) is 0 Å². The summed E-state index contributed by atoms with van der Waals surface area (Å²) < 4.78 is 11.5. The average molecular weight is 337 g/mol. The normalized spacial score (nSPS) is 18.6. The Morgan fingerprint density at radius 1 is 1.26 bits per heavy atom. The van der Waals surface area contributed by atoms with Gasteiger partial charge < -0.3 is 5.32 Å². The summed E-state index contributed by atoms with van der Waals surface area (Å²) in [4.78, 5) is 14.9. The number of carbonyl (C=O) groups is 1. The lowest BCUT2D eigenvalue weighted by molar-refractivity contribution is -0.123. The lowest BCUT2D eigenvalue weighted by Gasteiger charge is -2.41. The molecule has 1 heterocycles. The number of nitrogens with one attached hydrogen (secondary N) is 1. The minimum absolute atomic E-state index is 0.0901.